The summed E-state index contributed by atoms with van der Waals surface area (Å²) in [5.41, 5.74) is 0. The van der Waals surface area contributed by atoms with Crippen LogP contribution in [0.15, 0.2) is 0 Å². The molecule has 0 aliphatic heterocycles. The quantitative estimate of drug-likeness (QED) is 0.389. The molecule has 0 radical (unpaired) electrons. The fourth-order valence-corrected chi connectivity index (χ4v) is 0.750. The molecule has 0 atom stereocenters. The van der Waals surface area contributed by atoms with E-state index in [2.05, 4.69) is 20.0 Å². The van der Waals surface area contributed by atoms with E-state index >= 15 is 0 Å². The Morgan fingerprint density at radius 3 is 1.86 bits per heavy atom. The Morgan fingerprint density at radius 2 is 1.86 bits per heavy atom. The number of rotatable bonds is 2. The van der Waals surface area contributed by atoms with Crippen LogP contribution in [-0.4, -0.2) is 32.4 Å². The summed E-state index contributed by atoms with van der Waals surface area (Å²) in [6.45, 7) is 6.55. The fourth-order valence-electron chi connectivity index (χ4n) is 0.250. The number of hydrogen-bond acceptors (Lipinski definition) is 1. The number of hydrogen-bond donors (Lipinski definition) is 0. The Balaban J connectivity index is 3.34. The third-order valence-corrected chi connectivity index (χ3v) is 2.09. The summed E-state index contributed by atoms with van der Waals surface area (Å²) < 4.78 is 0. The Kier molecular flexibility index (Phi) is 2.45. The van der Waals surface area contributed by atoms with Gasteiger partial charge in [-0.2, -0.15) is 0 Å². The van der Waals surface area contributed by atoms with Gasteiger partial charge in [-0.15, -0.1) is 0 Å². The van der Waals surface area contributed by atoms with Gasteiger partial charge in [-0.3, -0.25) is 0 Å². The van der Waals surface area contributed by atoms with E-state index in [1.807, 2.05) is 0 Å². The molecule has 0 aliphatic rings. The molecule has 0 N–H and O–H groups in total. The molecular formula is C5H13OP. The fraction of sp³-hybridized carbons (Fsp3) is 0.800. The van der Waals surface area contributed by atoms with Crippen molar-refractivity contribution >= 4 is 13.5 Å². The summed E-state index contributed by atoms with van der Waals surface area (Å²) in [5.74, 6) is 0. The zero-order valence-corrected chi connectivity index (χ0v) is 6.19. The van der Waals surface area contributed by atoms with Gasteiger partial charge in [-0.1, -0.05) is 0 Å². The van der Waals surface area contributed by atoms with Crippen molar-refractivity contribution in [2.75, 3.05) is 26.2 Å². The first-order valence-electron chi connectivity index (χ1n) is 2.50. The van der Waals surface area contributed by atoms with Gasteiger partial charge in [0.1, 0.15) is 0 Å². The summed E-state index contributed by atoms with van der Waals surface area (Å²) in [4.78, 5) is 9.86. The summed E-state index contributed by atoms with van der Waals surface area (Å²) in [7, 11) is -1.03. The first-order valence-corrected chi connectivity index (χ1v) is 6.20. The van der Waals surface area contributed by atoms with Crippen LogP contribution in [0.1, 0.15) is 0 Å². The molecule has 0 saturated carbocycles. The normalized spacial score (nSPS) is 13.6. The number of aldehydes is 1. The molecule has 0 unspecified atom stereocenters. The standard InChI is InChI=1S/C5H13OP/c1-7(2,3)5-4-6/h4,7H,5H2,1-3H3. The predicted octanol–water partition coefficient (Wildman–Crippen LogP) is 0.825. The third-order valence-electron chi connectivity index (χ3n) is 0.696. The molecule has 0 aromatic heterocycles. The van der Waals surface area contributed by atoms with Crippen LogP contribution in [-0.2, 0) is 4.79 Å². The van der Waals surface area contributed by atoms with Crippen LogP contribution in [0.25, 0.3) is 0 Å². The topological polar surface area (TPSA) is 17.1 Å². The molecule has 0 fully saturated rings. The molecule has 7 heavy (non-hydrogen) atoms. The van der Waals surface area contributed by atoms with Crippen molar-refractivity contribution < 1.29 is 4.79 Å². The van der Waals surface area contributed by atoms with E-state index in [1.165, 1.54) is 0 Å². The summed E-state index contributed by atoms with van der Waals surface area (Å²) >= 11 is 0. The second kappa shape index (κ2) is 2.42. The van der Waals surface area contributed by atoms with Crippen molar-refractivity contribution in [1.29, 1.82) is 0 Å². The Labute approximate surface area is 45.4 Å². The molecule has 0 aromatic carbocycles. The van der Waals surface area contributed by atoms with Crippen LogP contribution in [0.3, 0.4) is 0 Å². The van der Waals surface area contributed by atoms with Gasteiger partial charge in [-0.05, 0) is 0 Å². The van der Waals surface area contributed by atoms with E-state index in [0.29, 0.717) is 0 Å². The Bertz CT molecular complexity index is 63.0. The minimum atomic E-state index is -1.03. The van der Waals surface area contributed by atoms with E-state index in [4.69, 9.17) is 0 Å². The zero-order valence-electron chi connectivity index (χ0n) is 5.19. The molecule has 0 aromatic rings. The molecular weight excluding hydrogens is 107 g/mol. The van der Waals surface area contributed by atoms with Crippen molar-refractivity contribution in [3.63, 3.8) is 0 Å². The molecule has 0 spiro atoms. The SMILES string of the molecule is C[PH](C)(C)CC=O. The molecule has 44 valence electrons. The second-order valence-electron chi connectivity index (χ2n) is 2.93. The van der Waals surface area contributed by atoms with Crippen LogP contribution >= 0.6 is 7.26 Å². The van der Waals surface area contributed by atoms with Crippen LogP contribution in [0.2, 0.25) is 0 Å². The molecule has 2 heteroatoms. The van der Waals surface area contributed by atoms with E-state index < -0.39 is 7.26 Å². The summed E-state index contributed by atoms with van der Waals surface area (Å²) in [6.07, 6.45) is 1.82. The van der Waals surface area contributed by atoms with Crippen LogP contribution in [0.4, 0.5) is 0 Å². The van der Waals surface area contributed by atoms with Crippen LogP contribution < -0.4 is 0 Å². The molecule has 0 bridgehead atoms. The summed E-state index contributed by atoms with van der Waals surface area (Å²) in [5, 5.41) is 0. The van der Waals surface area contributed by atoms with Crippen LogP contribution in [0.5, 0.6) is 0 Å². The van der Waals surface area contributed by atoms with Gasteiger partial charge >= 0.3 is 44.5 Å². The van der Waals surface area contributed by atoms with Gasteiger partial charge in [0, 0.05) is 0 Å². The molecule has 0 aliphatic carbocycles. The third kappa shape index (κ3) is 6.10. The molecule has 0 heterocycles. The maximum absolute atomic E-state index is 9.86. The van der Waals surface area contributed by atoms with Gasteiger partial charge in [-0.25, -0.2) is 0 Å². The van der Waals surface area contributed by atoms with E-state index in [-0.39, 0.29) is 0 Å². The second-order valence-corrected chi connectivity index (χ2v) is 8.46. The Morgan fingerprint density at radius 1 is 1.43 bits per heavy atom. The monoisotopic (exact) mass is 120 g/mol. The molecule has 0 amide bonds. The maximum atomic E-state index is 9.86. The Hall–Kier alpha value is 0.100. The number of carbonyl (C=O) groups excluding carboxylic acids is 1. The van der Waals surface area contributed by atoms with Gasteiger partial charge < -0.3 is 0 Å². The van der Waals surface area contributed by atoms with Gasteiger partial charge in [0.05, 0.1) is 0 Å². The van der Waals surface area contributed by atoms with Gasteiger partial charge in [0.25, 0.3) is 0 Å². The van der Waals surface area contributed by atoms with Crippen molar-refractivity contribution in [2.45, 2.75) is 0 Å². The zero-order chi connectivity index (χ0) is 5.91. The van der Waals surface area contributed by atoms with Crippen molar-refractivity contribution in [1.82, 2.24) is 0 Å². The van der Waals surface area contributed by atoms with E-state index in [9.17, 15) is 4.79 Å². The minimum absolute atomic E-state index is 0.799. The van der Waals surface area contributed by atoms with Crippen molar-refractivity contribution in [3.05, 3.63) is 0 Å². The molecule has 0 saturated heterocycles. The number of carbonyl (C=O) groups is 1. The summed E-state index contributed by atoms with van der Waals surface area (Å²) in [6, 6.07) is 0. The van der Waals surface area contributed by atoms with E-state index in [1.54, 1.807) is 0 Å². The molecule has 0 rings (SSSR count). The van der Waals surface area contributed by atoms with E-state index in [0.717, 1.165) is 12.4 Å². The van der Waals surface area contributed by atoms with Crippen molar-refractivity contribution in [2.24, 2.45) is 0 Å². The predicted molar refractivity (Wildman–Crippen MR) is 37.0 cm³/mol. The first-order chi connectivity index (χ1) is 3.06. The average Bonchev–Trinajstić information content (AvgIpc) is 1.30. The first kappa shape index (κ1) is 7.10. The molecule has 1 nitrogen and oxygen atoms in total. The average molecular weight is 120 g/mol. The van der Waals surface area contributed by atoms with Gasteiger partial charge in [0.2, 0.25) is 0 Å². The van der Waals surface area contributed by atoms with Crippen LogP contribution in [0, 0.1) is 0 Å². The van der Waals surface area contributed by atoms with Crippen molar-refractivity contribution in [3.8, 4) is 0 Å². The van der Waals surface area contributed by atoms with Gasteiger partial charge in [0.15, 0.2) is 0 Å².